The van der Waals surface area contributed by atoms with Crippen molar-refractivity contribution in [1.29, 1.82) is 0 Å². The van der Waals surface area contributed by atoms with Crippen molar-refractivity contribution < 1.29 is 14.3 Å². The number of benzene rings is 1. The fraction of sp³-hybridized carbons (Fsp3) is 0.250. The van der Waals surface area contributed by atoms with Gasteiger partial charge in [0.25, 0.3) is 5.91 Å². The molecule has 0 unspecified atom stereocenters. The molecule has 1 aromatic carbocycles. The highest BCUT2D eigenvalue weighted by Gasteiger charge is 2.30. The third-order valence-corrected chi connectivity index (χ3v) is 3.56. The summed E-state index contributed by atoms with van der Waals surface area (Å²) in [5.41, 5.74) is 2.10. The predicted molar refractivity (Wildman–Crippen MR) is 79.4 cm³/mol. The van der Waals surface area contributed by atoms with E-state index in [2.05, 4.69) is 9.97 Å². The Labute approximate surface area is 127 Å². The Bertz CT molecular complexity index is 703. The number of carbonyl (C=O) groups excluding carboxylic acids is 2. The second-order valence-electron chi connectivity index (χ2n) is 5.01. The van der Waals surface area contributed by atoms with Crippen LogP contribution in [0.2, 0.25) is 0 Å². The molecule has 1 aliphatic rings. The largest absolute Gasteiger partial charge is 0.448 e. The zero-order valence-corrected chi connectivity index (χ0v) is 12.1. The average molecular weight is 297 g/mol. The molecule has 1 aliphatic heterocycles. The van der Waals surface area contributed by atoms with Crippen LogP contribution in [0.5, 0.6) is 0 Å². The molecule has 0 aliphatic carbocycles. The number of para-hydroxylation sites is 1. The minimum atomic E-state index is -0.874. The van der Waals surface area contributed by atoms with Crippen molar-refractivity contribution >= 4 is 17.6 Å². The number of amides is 1. The molecule has 0 saturated carbocycles. The molecule has 0 N–H and O–H groups in total. The molecular weight excluding hydrogens is 282 g/mol. The molecule has 0 fully saturated rings. The average Bonchev–Trinajstić information content (AvgIpc) is 2.99. The smallest absolute Gasteiger partial charge is 0.359 e. The minimum Gasteiger partial charge on any atom is -0.448 e. The zero-order chi connectivity index (χ0) is 15.5. The summed E-state index contributed by atoms with van der Waals surface area (Å²) in [5.74, 6) is -0.886. The molecule has 6 nitrogen and oxygen atoms in total. The van der Waals surface area contributed by atoms with E-state index in [1.165, 1.54) is 18.6 Å². The summed E-state index contributed by atoms with van der Waals surface area (Å²) >= 11 is 0. The van der Waals surface area contributed by atoms with E-state index in [4.69, 9.17) is 4.74 Å². The minimum absolute atomic E-state index is 0.0870. The third kappa shape index (κ3) is 2.67. The number of hydrogen-bond acceptors (Lipinski definition) is 5. The Kier molecular flexibility index (Phi) is 3.82. The van der Waals surface area contributed by atoms with E-state index in [1.54, 1.807) is 11.8 Å². The van der Waals surface area contributed by atoms with Gasteiger partial charge in [-0.25, -0.2) is 9.78 Å². The fourth-order valence-corrected chi connectivity index (χ4v) is 2.46. The zero-order valence-electron chi connectivity index (χ0n) is 12.1. The summed E-state index contributed by atoms with van der Waals surface area (Å²) < 4.78 is 5.19. The first-order chi connectivity index (χ1) is 10.7. The highest BCUT2D eigenvalue weighted by Crippen LogP contribution is 2.28. The lowest BCUT2D eigenvalue weighted by Crippen LogP contribution is -2.39. The molecule has 0 radical (unpaired) electrons. The van der Waals surface area contributed by atoms with Crippen LogP contribution in [0.4, 0.5) is 5.69 Å². The monoisotopic (exact) mass is 297 g/mol. The second kappa shape index (κ2) is 5.93. The van der Waals surface area contributed by atoms with Gasteiger partial charge >= 0.3 is 5.97 Å². The molecule has 6 heteroatoms. The normalized spacial score (nSPS) is 14.3. The van der Waals surface area contributed by atoms with Crippen LogP contribution in [-0.4, -0.2) is 34.5 Å². The molecule has 2 aromatic rings. The first-order valence-corrected chi connectivity index (χ1v) is 7.03. The summed E-state index contributed by atoms with van der Waals surface area (Å²) in [6.07, 6.45) is 4.12. The van der Waals surface area contributed by atoms with Gasteiger partial charge in [0.1, 0.15) is 0 Å². The number of carbonyl (C=O) groups is 2. The SMILES string of the molecule is C[C@H](OC(=O)c1cnccn1)C(=O)N1CCc2ccccc21. The lowest BCUT2D eigenvalue weighted by atomic mass is 10.2. The van der Waals surface area contributed by atoms with E-state index < -0.39 is 12.1 Å². The summed E-state index contributed by atoms with van der Waals surface area (Å²) in [5, 5.41) is 0. The van der Waals surface area contributed by atoms with E-state index in [0.717, 1.165) is 17.7 Å². The molecule has 1 aromatic heterocycles. The Hall–Kier alpha value is -2.76. The van der Waals surface area contributed by atoms with Crippen LogP contribution in [0, 0.1) is 0 Å². The van der Waals surface area contributed by atoms with Crippen LogP contribution in [0.25, 0.3) is 0 Å². The van der Waals surface area contributed by atoms with Crippen molar-refractivity contribution in [3.63, 3.8) is 0 Å². The summed E-state index contributed by atoms with van der Waals surface area (Å²) in [4.78, 5) is 33.7. The first kappa shape index (κ1) is 14.2. The number of rotatable bonds is 3. The van der Waals surface area contributed by atoms with Gasteiger partial charge in [-0.2, -0.15) is 0 Å². The van der Waals surface area contributed by atoms with Crippen LogP contribution < -0.4 is 4.90 Å². The van der Waals surface area contributed by atoms with Gasteiger partial charge < -0.3 is 9.64 Å². The van der Waals surface area contributed by atoms with Crippen molar-refractivity contribution in [3.05, 3.63) is 54.1 Å². The highest BCUT2D eigenvalue weighted by atomic mass is 16.5. The van der Waals surface area contributed by atoms with Gasteiger partial charge in [-0.15, -0.1) is 0 Å². The van der Waals surface area contributed by atoms with Crippen molar-refractivity contribution in [2.75, 3.05) is 11.4 Å². The maximum Gasteiger partial charge on any atom is 0.359 e. The third-order valence-electron chi connectivity index (χ3n) is 3.56. The molecule has 3 rings (SSSR count). The van der Waals surface area contributed by atoms with E-state index in [-0.39, 0.29) is 11.6 Å². The summed E-state index contributed by atoms with van der Waals surface area (Å²) in [6.45, 7) is 2.17. The van der Waals surface area contributed by atoms with Crippen molar-refractivity contribution in [2.45, 2.75) is 19.4 Å². The van der Waals surface area contributed by atoms with Gasteiger partial charge in [-0.3, -0.25) is 9.78 Å². The number of nitrogens with zero attached hydrogens (tertiary/aromatic N) is 3. The summed E-state index contributed by atoms with van der Waals surface area (Å²) in [7, 11) is 0. The topological polar surface area (TPSA) is 72.4 Å². The molecule has 0 saturated heterocycles. The lowest BCUT2D eigenvalue weighted by molar-refractivity contribution is -0.126. The summed E-state index contributed by atoms with van der Waals surface area (Å²) in [6, 6.07) is 7.74. The Morgan fingerprint density at radius 1 is 1.27 bits per heavy atom. The fourth-order valence-electron chi connectivity index (χ4n) is 2.46. The first-order valence-electron chi connectivity index (χ1n) is 7.03. The molecule has 1 atom stereocenters. The predicted octanol–water partition coefficient (Wildman–Crippen LogP) is 1.61. The van der Waals surface area contributed by atoms with Crippen LogP contribution in [0.15, 0.2) is 42.9 Å². The quantitative estimate of drug-likeness (QED) is 0.805. The Balaban J connectivity index is 1.70. The van der Waals surface area contributed by atoms with Crippen LogP contribution in [-0.2, 0) is 16.0 Å². The van der Waals surface area contributed by atoms with Crippen LogP contribution in [0.1, 0.15) is 23.0 Å². The number of aromatic nitrogens is 2. The molecular formula is C16H15N3O3. The molecule has 112 valence electrons. The molecule has 0 spiro atoms. The molecule has 0 bridgehead atoms. The van der Waals surface area contributed by atoms with E-state index >= 15 is 0 Å². The van der Waals surface area contributed by atoms with E-state index in [0.29, 0.717) is 6.54 Å². The van der Waals surface area contributed by atoms with E-state index in [1.807, 2.05) is 24.3 Å². The standard InChI is InChI=1S/C16H15N3O3/c1-11(22-16(21)13-10-17-7-8-18-13)15(20)19-9-6-12-4-2-3-5-14(12)19/h2-5,7-8,10-11H,6,9H2,1H3/t11-/m0/s1. The number of esters is 1. The maximum atomic E-state index is 12.5. The van der Waals surface area contributed by atoms with Gasteiger partial charge in [0.2, 0.25) is 0 Å². The lowest BCUT2D eigenvalue weighted by Gasteiger charge is -2.21. The van der Waals surface area contributed by atoms with Gasteiger partial charge in [-0.1, -0.05) is 18.2 Å². The van der Waals surface area contributed by atoms with E-state index in [9.17, 15) is 9.59 Å². The van der Waals surface area contributed by atoms with Gasteiger partial charge in [0, 0.05) is 24.6 Å². The van der Waals surface area contributed by atoms with Gasteiger partial charge in [0.05, 0.1) is 6.20 Å². The Morgan fingerprint density at radius 2 is 2.09 bits per heavy atom. The van der Waals surface area contributed by atoms with Crippen molar-refractivity contribution in [2.24, 2.45) is 0 Å². The van der Waals surface area contributed by atoms with Gasteiger partial charge in [-0.05, 0) is 25.0 Å². The molecule has 22 heavy (non-hydrogen) atoms. The van der Waals surface area contributed by atoms with Crippen LogP contribution >= 0.6 is 0 Å². The van der Waals surface area contributed by atoms with Gasteiger partial charge in [0.15, 0.2) is 11.8 Å². The highest BCUT2D eigenvalue weighted by molar-refractivity contribution is 6.00. The number of hydrogen-bond donors (Lipinski definition) is 0. The second-order valence-corrected chi connectivity index (χ2v) is 5.01. The van der Waals surface area contributed by atoms with Crippen molar-refractivity contribution in [1.82, 2.24) is 9.97 Å². The molecule has 2 heterocycles. The Morgan fingerprint density at radius 3 is 2.86 bits per heavy atom. The number of ether oxygens (including phenoxy) is 1. The maximum absolute atomic E-state index is 12.5. The van der Waals surface area contributed by atoms with Crippen LogP contribution in [0.3, 0.4) is 0 Å². The molecule has 1 amide bonds. The van der Waals surface area contributed by atoms with Crippen molar-refractivity contribution in [3.8, 4) is 0 Å². The number of anilines is 1. The number of fused-ring (bicyclic) bond motifs is 1.